The summed E-state index contributed by atoms with van der Waals surface area (Å²) in [6.45, 7) is 1.99. The molecule has 3 rings (SSSR count). The summed E-state index contributed by atoms with van der Waals surface area (Å²) in [7, 11) is 1.61. The summed E-state index contributed by atoms with van der Waals surface area (Å²) in [6, 6.07) is 17.0. The lowest BCUT2D eigenvalue weighted by Crippen LogP contribution is -2.26. The molecule has 0 bridgehead atoms. The second-order valence-corrected chi connectivity index (χ2v) is 7.15. The fraction of sp³-hybridized carbons (Fsp3) is 0.250. The molecule has 1 aromatic heterocycles. The van der Waals surface area contributed by atoms with Crippen LogP contribution in [0.25, 0.3) is 16.9 Å². The number of aliphatic carboxylic acids is 1. The number of carboxylic acid groups (broad SMARTS) is 1. The van der Waals surface area contributed by atoms with Crippen LogP contribution in [0.4, 0.5) is 0 Å². The Bertz CT molecular complexity index is 1070. The van der Waals surface area contributed by atoms with Crippen LogP contribution in [0.5, 0.6) is 5.75 Å². The van der Waals surface area contributed by atoms with E-state index in [9.17, 15) is 9.59 Å². The predicted octanol–water partition coefficient (Wildman–Crippen LogP) is 3.20. The second kappa shape index (κ2) is 9.95. The summed E-state index contributed by atoms with van der Waals surface area (Å²) in [5.41, 5.74) is 5.00. The van der Waals surface area contributed by atoms with Crippen LogP contribution >= 0.6 is 0 Å². The Balaban J connectivity index is 2.05. The molecule has 0 fully saturated rings. The molecule has 0 aliphatic rings. The first-order valence-corrected chi connectivity index (χ1v) is 10.0. The van der Waals surface area contributed by atoms with Crippen molar-refractivity contribution in [1.82, 2.24) is 9.88 Å². The number of methoxy groups -OCH3 is 1. The molecule has 0 radical (unpaired) electrons. The van der Waals surface area contributed by atoms with Crippen molar-refractivity contribution >= 4 is 11.9 Å². The Labute approximate surface area is 180 Å². The molecule has 7 nitrogen and oxygen atoms in total. The van der Waals surface area contributed by atoms with Gasteiger partial charge in [-0.05, 0) is 79.1 Å². The average Bonchev–Trinajstić information content (AvgIpc) is 3.19. The van der Waals surface area contributed by atoms with Crippen molar-refractivity contribution in [3.05, 3.63) is 71.4 Å². The van der Waals surface area contributed by atoms with Gasteiger partial charge in [-0.1, -0.05) is 0 Å². The van der Waals surface area contributed by atoms with Gasteiger partial charge in [-0.15, -0.1) is 0 Å². The Morgan fingerprint density at radius 3 is 2.42 bits per heavy atom. The summed E-state index contributed by atoms with van der Waals surface area (Å²) in [5.74, 6) is -0.355. The zero-order valence-electron chi connectivity index (χ0n) is 17.6. The highest BCUT2D eigenvalue weighted by Gasteiger charge is 2.16. The fourth-order valence-electron chi connectivity index (χ4n) is 3.50. The number of rotatable bonds is 9. The van der Waals surface area contributed by atoms with Gasteiger partial charge in [-0.25, -0.2) is 0 Å². The van der Waals surface area contributed by atoms with Crippen LogP contribution in [0.1, 0.15) is 28.0 Å². The molecule has 0 unspecified atom stereocenters. The van der Waals surface area contributed by atoms with Crippen LogP contribution in [0.2, 0.25) is 0 Å². The fourth-order valence-corrected chi connectivity index (χ4v) is 3.50. The van der Waals surface area contributed by atoms with E-state index in [1.165, 1.54) is 0 Å². The first-order valence-electron chi connectivity index (χ1n) is 10.0. The summed E-state index contributed by atoms with van der Waals surface area (Å²) in [4.78, 5) is 23.4. The summed E-state index contributed by atoms with van der Waals surface area (Å²) >= 11 is 0. The molecule has 0 aliphatic heterocycles. The zero-order chi connectivity index (χ0) is 22.4. The number of hydrogen-bond donors (Lipinski definition) is 3. The van der Waals surface area contributed by atoms with Crippen LogP contribution in [0.3, 0.4) is 0 Å². The van der Waals surface area contributed by atoms with Crippen molar-refractivity contribution in [2.45, 2.75) is 19.8 Å². The molecule has 1 amide bonds. The maximum Gasteiger partial charge on any atom is 0.303 e. The van der Waals surface area contributed by atoms with Crippen molar-refractivity contribution in [3.8, 4) is 22.7 Å². The Hall–Kier alpha value is -3.58. The van der Waals surface area contributed by atoms with Gasteiger partial charge in [0, 0.05) is 23.5 Å². The number of aryl methyl sites for hydroxylation is 2. The molecule has 7 heteroatoms. The number of aromatic nitrogens is 1. The SMILES string of the molecule is COc1ccc(-c2ccc(CCC(=O)O)n2-c2ccc(C(=O)NCCO)cc2C)cc1. The first-order chi connectivity index (χ1) is 14.9. The lowest BCUT2D eigenvalue weighted by atomic mass is 10.1. The van der Waals surface area contributed by atoms with Crippen LogP contribution in [-0.4, -0.2) is 46.9 Å². The highest BCUT2D eigenvalue weighted by atomic mass is 16.5. The van der Waals surface area contributed by atoms with Gasteiger partial charge in [0.05, 0.1) is 25.8 Å². The minimum absolute atomic E-state index is 0.0206. The van der Waals surface area contributed by atoms with Crippen molar-refractivity contribution in [2.75, 3.05) is 20.3 Å². The van der Waals surface area contributed by atoms with E-state index in [4.69, 9.17) is 14.9 Å². The molecule has 0 atom stereocenters. The third-order valence-corrected chi connectivity index (χ3v) is 5.04. The first kappa shape index (κ1) is 22.1. The van der Waals surface area contributed by atoms with E-state index in [0.717, 1.165) is 34.0 Å². The zero-order valence-corrected chi connectivity index (χ0v) is 17.6. The molecule has 3 aromatic rings. The van der Waals surface area contributed by atoms with E-state index in [0.29, 0.717) is 12.0 Å². The van der Waals surface area contributed by atoms with Gasteiger partial charge in [-0.3, -0.25) is 9.59 Å². The lowest BCUT2D eigenvalue weighted by Gasteiger charge is -2.17. The number of aliphatic hydroxyl groups is 1. The molecular formula is C24H26N2O5. The minimum Gasteiger partial charge on any atom is -0.497 e. The molecule has 2 aromatic carbocycles. The standard InChI is InChI=1S/C24H26N2O5/c1-16-15-18(24(30)25-13-14-27)5-10-21(16)26-19(7-12-23(28)29)6-11-22(26)17-3-8-20(31-2)9-4-17/h3-6,8-11,15,27H,7,12-14H2,1-2H3,(H,25,30)(H,28,29). The second-order valence-electron chi connectivity index (χ2n) is 7.15. The van der Waals surface area contributed by atoms with Crippen molar-refractivity contribution in [1.29, 1.82) is 0 Å². The average molecular weight is 422 g/mol. The van der Waals surface area contributed by atoms with Gasteiger partial charge in [-0.2, -0.15) is 0 Å². The van der Waals surface area contributed by atoms with E-state index >= 15 is 0 Å². The third kappa shape index (κ3) is 5.13. The quantitative estimate of drug-likeness (QED) is 0.492. The van der Waals surface area contributed by atoms with Crippen LogP contribution in [0.15, 0.2) is 54.6 Å². The number of carbonyl (C=O) groups is 2. The normalized spacial score (nSPS) is 10.7. The number of ether oxygens (including phenoxy) is 1. The topological polar surface area (TPSA) is 101 Å². The van der Waals surface area contributed by atoms with Crippen molar-refractivity contribution < 1.29 is 24.5 Å². The maximum absolute atomic E-state index is 12.2. The summed E-state index contributed by atoms with van der Waals surface area (Å²) < 4.78 is 7.28. The third-order valence-electron chi connectivity index (χ3n) is 5.04. The van der Waals surface area contributed by atoms with Crippen LogP contribution in [0, 0.1) is 6.92 Å². The number of nitrogens with one attached hydrogen (secondary N) is 1. The number of carbonyl (C=O) groups excluding carboxylic acids is 1. The maximum atomic E-state index is 12.2. The molecule has 0 spiro atoms. The van der Waals surface area contributed by atoms with Gasteiger partial charge in [0.2, 0.25) is 0 Å². The number of aliphatic hydroxyl groups excluding tert-OH is 1. The summed E-state index contributed by atoms with van der Waals surface area (Å²) in [5, 5.41) is 20.7. The molecule has 0 saturated carbocycles. The van der Waals surface area contributed by atoms with E-state index in [1.807, 2.05) is 54.0 Å². The number of hydrogen-bond acceptors (Lipinski definition) is 4. The lowest BCUT2D eigenvalue weighted by molar-refractivity contribution is -0.136. The van der Waals surface area contributed by atoms with E-state index in [2.05, 4.69) is 5.32 Å². The Kier molecular flexibility index (Phi) is 7.10. The molecule has 3 N–H and O–H groups in total. The number of benzene rings is 2. The number of nitrogens with zero attached hydrogens (tertiary/aromatic N) is 1. The summed E-state index contributed by atoms with van der Waals surface area (Å²) in [6.07, 6.45) is 0.399. The molecule has 162 valence electrons. The van der Waals surface area contributed by atoms with Crippen molar-refractivity contribution in [2.24, 2.45) is 0 Å². The van der Waals surface area contributed by atoms with Crippen LogP contribution < -0.4 is 10.1 Å². The minimum atomic E-state index is -0.855. The largest absolute Gasteiger partial charge is 0.497 e. The van der Waals surface area contributed by atoms with Gasteiger partial charge in [0.15, 0.2) is 0 Å². The molecule has 31 heavy (non-hydrogen) atoms. The number of carboxylic acids is 1. The predicted molar refractivity (Wildman–Crippen MR) is 118 cm³/mol. The van der Waals surface area contributed by atoms with Gasteiger partial charge in [0.1, 0.15) is 5.75 Å². The van der Waals surface area contributed by atoms with E-state index < -0.39 is 5.97 Å². The molecule has 0 saturated heterocycles. The monoisotopic (exact) mass is 422 g/mol. The Morgan fingerprint density at radius 2 is 1.81 bits per heavy atom. The highest BCUT2D eigenvalue weighted by Crippen LogP contribution is 2.30. The molecule has 1 heterocycles. The Morgan fingerprint density at radius 1 is 1.06 bits per heavy atom. The van der Waals surface area contributed by atoms with Gasteiger partial charge < -0.3 is 24.8 Å². The molecule has 0 aliphatic carbocycles. The molecular weight excluding hydrogens is 396 g/mol. The smallest absolute Gasteiger partial charge is 0.303 e. The van der Waals surface area contributed by atoms with Crippen molar-refractivity contribution in [3.63, 3.8) is 0 Å². The van der Waals surface area contributed by atoms with Gasteiger partial charge in [0.25, 0.3) is 5.91 Å². The highest BCUT2D eigenvalue weighted by molar-refractivity contribution is 5.94. The van der Waals surface area contributed by atoms with E-state index in [-0.39, 0.29) is 25.5 Å². The van der Waals surface area contributed by atoms with E-state index in [1.54, 1.807) is 19.2 Å². The number of amides is 1. The van der Waals surface area contributed by atoms with Crippen LogP contribution in [-0.2, 0) is 11.2 Å². The van der Waals surface area contributed by atoms with Gasteiger partial charge >= 0.3 is 5.97 Å².